The van der Waals surface area contributed by atoms with Crippen LogP contribution in [-0.2, 0) is 6.61 Å². The maximum Gasteiger partial charge on any atom is 0.433 e. The van der Waals surface area contributed by atoms with E-state index in [4.69, 9.17) is 18.7 Å². The first kappa shape index (κ1) is 17.2. The van der Waals surface area contributed by atoms with E-state index in [-0.39, 0.29) is 12.4 Å². The third-order valence-corrected chi connectivity index (χ3v) is 3.54. The SMILES string of the molecule is COc1ccc(NC(=O)c2ccc([N+](=O)[O-])o2)cc1-c1ccc(CO)o1. The van der Waals surface area contributed by atoms with Crippen molar-refractivity contribution in [3.8, 4) is 17.1 Å². The van der Waals surface area contributed by atoms with Crippen molar-refractivity contribution in [1.29, 1.82) is 0 Å². The number of benzene rings is 1. The fraction of sp³-hybridized carbons (Fsp3) is 0.118. The summed E-state index contributed by atoms with van der Waals surface area (Å²) in [5.74, 6) is 0.0162. The van der Waals surface area contributed by atoms with Gasteiger partial charge in [0, 0.05) is 5.69 Å². The van der Waals surface area contributed by atoms with E-state index >= 15 is 0 Å². The maximum atomic E-state index is 12.2. The van der Waals surface area contributed by atoms with Crippen LogP contribution in [0.4, 0.5) is 11.6 Å². The van der Waals surface area contributed by atoms with Crippen molar-refractivity contribution < 1.29 is 28.4 Å². The molecule has 0 aliphatic rings. The van der Waals surface area contributed by atoms with Crippen molar-refractivity contribution in [2.24, 2.45) is 0 Å². The van der Waals surface area contributed by atoms with Crippen molar-refractivity contribution >= 4 is 17.5 Å². The number of nitro groups is 1. The van der Waals surface area contributed by atoms with Gasteiger partial charge in [0.1, 0.15) is 28.8 Å². The Balaban J connectivity index is 1.87. The van der Waals surface area contributed by atoms with E-state index in [1.807, 2.05) is 0 Å². The second-order valence-electron chi connectivity index (χ2n) is 5.19. The van der Waals surface area contributed by atoms with E-state index in [1.165, 1.54) is 13.2 Å². The van der Waals surface area contributed by atoms with Gasteiger partial charge in [-0.25, -0.2) is 0 Å². The molecule has 0 radical (unpaired) electrons. The van der Waals surface area contributed by atoms with Crippen LogP contribution in [0.25, 0.3) is 11.3 Å². The first-order valence-electron chi connectivity index (χ1n) is 7.45. The van der Waals surface area contributed by atoms with E-state index in [0.717, 1.165) is 6.07 Å². The van der Waals surface area contributed by atoms with Crippen LogP contribution in [0.5, 0.6) is 5.75 Å². The molecule has 3 aromatic rings. The summed E-state index contributed by atoms with van der Waals surface area (Å²) in [6, 6.07) is 10.5. The highest BCUT2D eigenvalue weighted by Crippen LogP contribution is 2.34. The zero-order chi connectivity index (χ0) is 18.7. The summed E-state index contributed by atoms with van der Waals surface area (Å²) in [5.41, 5.74) is 0.974. The van der Waals surface area contributed by atoms with Crippen molar-refractivity contribution in [1.82, 2.24) is 0 Å². The normalized spacial score (nSPS) is 10.5. The van der Waals surface area contributed by atoms with Gasteiger partial charge in [-0.15, -0.1) is 0 Å². The van der Waals surface area contributed by atoms with Gasteiger partial charge < -0.3 is 24.0 Å². The molecule has 0 bridgehead atoms. The lowest BCUT2D eigenvalue weighted by Crippen LogP contribution is -2.11. The highest BCUT2D eigenvalue weighted by molar-refractivity contribution is 6.02. The van der Waals surface area contributed by atoms with E-state index in [9.17, 15) is 14.9 Å². The highest BCUT2D eigenvalue weighted by Gasteiger charge is 2.18. The van der Waals surface area contributed by atoms with E-state index in [2.05, 4.69) is 5.32 Å². The molecule has 0 saturated carbocycles. The second kappa shape index (κ2) is 7.11. The van der Waals surface area contributed by atoms with Crippen molar-refractivity contribution in [2.45, 2.75) is 6.61 Å². The molecule has 0 atom stereocenters. The van der Waals surface area contributed by atoms with Gasteiger partial charge in [-0.3, -0.25) is 14.9 Å². The Morgan fingerprint density at radius 2 is 2.04 bits per heavy atom. The number of nitrogens with one attached hydrogen (secondary N) is 1. The third-order valence-electron chi connectivity index (χ3n) is 3.54. The minimum absolute atomic E-state index is 0.186. The Kier molecular flexibility index (Phi) is 4.72. The average Bonchev–Trinajstić information content (AvgIpc) is 3.31. The molecule has 2 N–H and O–H groups in total. The first-order valence-corrected chi connectivity index (χ1v) is 7.45. The Morgan fingerprint density at radius 3 is 2.65 bits per heavy atom. The Morgan fingerprint density at radius 1 is 1.23 bits per heavy atom. The lowest BCUT2D eigenvalue weighted by Gasteiger charge is -2.09. The number of anilines is 1. The predicted molar refractivity (Wildman–Crippen MR) is 89.9 cm³/mol. The van der Waals surface area contributed by atoms with Crippen LogP contribution in [-0.4, -0.2) is 23.0 Å². The molecule has 9 heteroatoms. The molecule has 0 unspecified atom stereocenters. The number of carbonyl (C=O) groups is 1. The van der Waals surface area contributed by atoms with E-state index < -0.39 is 16.7 Å². The maximum absolute atomic E-state index is 12.2. The molecule has 134 valence electrons. The van der Waals surface area contributed by atoms with Crippen molar-refractivity contribution in [3.63, 3.8) is 0 Å². The van der Waals surface area contributed by atoms with Crippen LogP contribution in [0, 0.1) is 10.1 Å². The number of amides is 1. The first-order chi connectivity index (χ1) is 12.5. The van der Waals surface area contributed by atoms with Crippen LogP contribution < -0.4 is 10.1 Å². The summed E-state index contributed by atoms with van der Waals surface area (Å²) >= 11 is 0. The highest BCUT2D eigenvalue weighted by atomic mass is 16.6. The molecule has 1 amide bonds. The number of ether oxygens (including phenoxy) is 1. The zero-order valence-corrected chi connectivity index (χ0v) is 13.6. The van der Waals surface area contributed by atoms with E-state index in [0.29, 0.717) is 28.5 Å². The largest absolute Gasteiger partial charge is 0.496 e. The van der Waals surface area contributed by atoms with Crippen molar-refractivity contribution in [2.75, 3.05) is 12.4 Å². The Bertz CT molecular complexity index is 958. The summed E-state index contributed by atoms with van der Waals surface area (Å²) in [4.78, 5) is 22.1. The van der Waals surface area contributed by atoms with Gasteiger partial charge in [-0.05, 0) is 36.4 Å². The number of hydrogen-bond acceptors (Lipinski definition) is 7. The van der Waals surface area contributed by atoms with Crippen molar-refractivity contribution in [3.05, 3.63) is 64.1 Å². The molecular weight excluding hydrogens is 344 g/mol. The number of hydrogen-bond donors (Lipinski definition) is 2. The predicted octanol–water partition coefficient (Wildman–Crippen LogP) is 3.20. The van der Waals surface area contributed by atoms with Crippen LogP contribution in [0.15, 0.2) is 51.3 Å². The second-order valence-corrected chi connectivity index (χ2v) is 5.19. The molecule has 2 aromatic heterocycles. The lowest BCUT2D eigenvalue weighted by atomic mass is 10.1. The molecular formula is C17H14N2O7. The van der Waals surface area contributed by atoms with Gasteiger partial charge in [0.15, 0.2) is 5.76 Å². The number of methoxy groups -OCH3 is 1. The monoisotopic (exact) mass is 358 g/mol. The zero-order valence-electron chi connectivity index (χ0n) is 13.6. The molecule has 0 spiro atoms. The average molecular weight is 358 g/mol. The van der Waals surface area contributed by atoms with E-state index in [1.54, 1.807) is 30.3 Å². The van der Waals surface area contributed by atoms with Gasteiger partial charge in [-0.1, -0.05) is 0 Å². The molecule has 0 fully saturated rings. The Labute approximate surface area is 147 Å². The number of aliphatic hydroxyl groups excluding tert-OH is 1. The fourth-order valence-corrected chi connectivity index (χ4v) is 2.33. The molecule has 0 aliphatic carbocycles. The van der Waals surface area contributed by atoms with Gasteiger partial charge in [0.25, 0.3) is 5.91 Å². The fourth-order valence-electron chi connectivity index (χ4n) is 2.33. The summed E-state index contributed by atoms with van der Waals surface area (Å²) < 4.78 is 15.7. The molecule has 0 saturated heterocycles. The summed E-state index contributed by atoms with van der Waals surface area (Å²) in [6.07, 6.45) is 0. The van der Waals surface area contributed by atoms with Crippen LogP contribution in [0.2, 0.25) is 0 Å². The minimum atomic E-state index is -0.724. The standard InChI is InChI=1S/C17H14N2O7/c1-24-13-4-2-10(8-12(13)14-5-3-11(9-20)25-14)18-17(21)15-6-7-16(26-15)19(22)23/h2-8,20H,9H2,1H3,(H,18,21). The molecule has 2 heterocycles. The van der Waals surface area contributed by atoms with Crippen LogP contribution in [0.3, 0.4) is 0 Å². The minimum Gasteiger partial charge on any atom is -0.496 e. The number of rotatable bonds is 6. The number of carbonyl (C=O) groups excluding carboxylic acids is 1. The Hall–Kier alpha value is -3.59. The molecule has 26 heavy (non-hydrogen) atoms. The number of nitrogens with zero attached hydrogens (tertiary/aromatic N) is 1. The van der Waals surface area contributed by atoms with Gasteiger partial charge >= 0.3 is 5.88 Å². The number of aliphatic hydroxyl groups is 1. The van der Waals surface area contributed by atoms with Crippen LogP contribution >= 0.6 is 0 Å². The topological polar surface area (TPSA) is 128 Å². The molecule has 9 nitrogen and oxygen atoms in total. The summed E-state index contributed by atoms with van der Waals surface area (Å²) in [6.45, 7) is -0.240. The lowest BCUT2D eigenvalue weighted by molar-refractivity contribution is -0.402. The molecule has 3 rings (SSSR count). The summed E-state index contributed by atoms with van der Waals surface area (Å²) in [5, 5.41) is 22.3. The third kappa shape index (κ3) is 3.42. The van der Waals surface area contributed by atoms with Gasteiger partial charge in [-0.2, -0.15) is 0 Å². The van der Waals surface area contributed by atoms with Gasteiger partial charge in [0.2, 0.25) is 0 Å². The smallest absolute Gasteiger partial charge is 0.433 e. The summed E-state index contributed by atoms with van der Waals surface area (Å²) in [7, 11) is 1.50. The number of furan rings is 2. The molecule has 1 aromatic carbocycles. The quantitative estimate of drug-likeness (QED) is 0.511. The molecule has 0 aliphatic heterocycles. The van der Waals surface area contributed by atoms with Gasteiger partial charge in [0.05, 0.1) is 18.7 Å². The van der Waals surface area contributed by atoms with Crippen LogP contribution in [0.1, 0.15) is 16.3 Å².